The van der Waals surface area contributed by atoms with E-state index in [4.69, 9.17) is 15.1 Å². The molecule has 1 aromatic rings. The van der Waals surface area contributed by atoms with Crippen molar-refractivity contribution in [2.24, 2.45) is 0 Å². The second-order valence-electron chi connectivity index (χ2n) is 3.67. The van der Waals surface area contributed by atoms with Gasteiger partial charge in [0.15, 0.2) is 0 Å². The summed E-state index contributed by atoms with van der Waals surface area (Å²) in [6.07, 6.45) is -4.47. The van der Waals surface area contributed by atoms with E-state index in [1.165, 1.54) is 7.11 Å². The number of nitrogens with one attached hydrogen (secondary N) is 1. The fraction of sp³-hybridized carbons (Fsp3) is 0.417. The lowest BCUT2D eigenvalue weighted by atomic mass is 10.1. The summed E-state index contributed by atoms with van der Waals surface area (Å²) in [6, 6.07) is 6.84. The van der Waals surface area contributed by atoms with Crippen molar-refractivity contribution >= 4 is 0 Å². The summed E-state index contributed by atoms with van der Waals surface area (Å²) in [5.74, 6) is 0.563. The number of nitriles is 1. The van der Waals surface area contributed by atoms with Gasteiger partial charge in [-0.15, -0.1) is 0 Å². The number of aliphatic hydroxyl groups excluding tert-OH is 1. The molecule has 0 saturated carbocycles. The maximum Gasteiger partial charge on any atom is 0.265 e. The maximum absolute atomic E-state index is 12.1. The number of rotatable bonds is 6. The third-order valence-corrected chi connectivity index (χ3v) is 2.37. The zero-order valence-corrected chi connectivity index (χ0v) is 9.86. The molecule has 18 heavy (non-hydrogen) atoms. The second kappa shape index (κ2) is 6.89. The molecule has 0 aliphatic heterocycles. The van der Waals surface area contributed by atoms with E-state index in [1.54, 1.807) is 18.2 Å². The maximum atomic E-state index is 12.1. The van der Waals surface area contributed by atoms with Crippen molar-refractivity contribution in [3.05, 3.63) is 29.3 Å². The number of methoxy groups -OCH3 is 1. The van der Waals surface area contributed by atoms with Crippen LogP contribution in [0.15, 0.2) is 18.2 Å². The predicted octanol–water partition coefficient (Wildman–Crippen LogP) is 1.28. The molecule has 1 atom stereocenters. The normalized spacial score (nSPS) is 12.2. The molecular weight excluding hydrogens is 242 g/mol. The number of benzene rings is 1. The Morgan fingerprint density at radius 3 is 2.78 bits per heavy atom. The van der Waals surface area contributed by atoms with Crippen LogP contribution in [0.25, 0.3) is 0 Å². The average Bonchev–Trinajstić information content (AvgIpc) is 2.38. The van der Waals surface area contributed by atoms with E-state index >= 15 is 0 Å². The highest BCUT2D eigenvalue weighted by atomic mass is 19.3. The molecule has 0 aromatic heterocycles. The summed E-state index contributed by atoms with van der Waals surface area (Å²) in [4.78, 5) is 0. The van der Waals surface area contributed by atoms with Gasteiger partial charge >= 0.3 is 0 Å². The first kappa shape index (κ1) is 14.4. The Kier molecular flexibility index (Phi) is 5.49. The van der Waals surface area contributed by atoms with Gasteiger partial charge in [-0.1, -0.05) is 0 Å². The monoisotopic (exact) mass is 256 g/mol. The van der Waals surface area contributed by atoms with Gasteiger partial charge in [0, 0.05) is 18.7 Å². The van der Waals surface area contributed by atoms with E-state index < -0.39 is 12.5 Å². The highest BCUT2D eigenvalue weighted by molar-refractivity contribution is 5.41. The Labute approximate surface area is 104 Å². The van der Waals surface area contributed by atoms with Crippen LogP contribution in [0.3, 0.4) is 0 Å². The van der Waals surface area contributed by atoms with Gasteiger partial charge in [-0.3, -0.25) is 0 Å². The number of nitrogens with zero attached hydrogens (tertiary/aromatic N) is 1. The zero-order chi connectivity index (χ0) is 13.5. The number of halogens is 2. The molecule has 98 valence electrons. The van der Waals surface area contributed by atoms with Gasteiger partial charge in [-0.2, -0.15) is 5.26 Å². The third kappa shape index (κ3) is 3.95. The van der Waals surface area contributed by atoms with Crippen LogP contribution in [0.1, 0.15) is 11.1 Å². The summed E-state index contributed by atoms with van der Waals surface area (Å²) < 4.78 is 29.2. The average molecular weight is 256 g/mol. The molecule has 0 spiro atoms. The molecule has 0 heterocycles. The van der Waals surface area contributed by atoms with Gasteiger partial charge in [-0.05, 0) is 18.2 Å². The largest absolute Gasteiger partial charge is 0.496 e. The molecule has 1 aromatic carbocycles. The molecule has 4 nitrogen and oxygen atoms in total. The third-order valence-electron chi connectivity index (χ3n) is 2.37. The van der Waals surface area contributed by atoms with Crippen molar-refractivity contribution < 1.29 is 18.6 Å². The smallest absolute Gasteiger partial charge is 0.265 e. The number of hydrogen-bond donors (Lipinski definition) is 2. The van der Waals surface area contributed by atoms with Crippen LogP contribution in [0.5, 0.6) is 5.75 Å². The van der Waals surface area contributed by atoms with Gasteiger partial charge < -0.3 is 15.2 Å². The topological polar surface area (TPSA) is 65.3 Å². The summed E-state index contributed by atoms with van der Waals surface area (Å²) in [5, 5.41) is 20.4. The molecule has 2 N–H and O–H groups in total. The zero-order valence-electron chi connectivity index (χ0n) is 9.86. The molecule has 0 bridgehead atoms. The first-order valence-corrected chi connectivity index (χ1v) is 5.32. The summed E-state index contributed by atoms with van der Waals surface area (Å²) in [5.41, 5.74) is 1.14. The van der Waals surface area contributed by atoms with Crippen molar-refractivity contribution in [3.8, 4) is 11.8 Å². The number of alkyl halides is 2. The minimum Gasteiger partial charge on any atom is -0.496 e. The second-order valence-corrected chi connectivity index (χ2v) is 3.67. The number of aliphatic hydroxyl groups is 1. The quantitative estimate of drug-likeness (QED) is 0.804. The van der Waals surface area contributed by atoms with E-state index in [2.05, 4.69) is 5.32 Å². The number of ether oxygens (including phenoxy) is 1. The van der Waals surface area contributed by atoms with Gasteiger partial charge in [0.25, 0.3) is 6.43 Å². The first-order valence-electron chi connectivity index (χ1n) is 5.32. The van der Waals surface area contributed by atoms with Crippen LogP contribution >= 0.6 is 0 Å². The Hall–Kier alpha value is -1.71. The van der Waals surface area contributed by atoms with Gasteiger partial charge in [0.2, 0.25) is 0 Å². The summed E-state index contributed by atoms with van der Waals surface area (Å²) >= 11 is 0. The fourth-order valence-corrected chi connectivity index (χ4v) is 1.43. The molecule has 6 heteroatoms. The van der Waals surface area contributed by atoms with E-state index in [0.717, 1.165) is 0 Å². The molecule has 0 saturated heterocycles. The first-order chi connectivity index (χ1) is 8.58. The molecule has 0 radical (unpaired) electrons. The van der Waals surface area contributed by atoms with Gasteiger partial charge in [0.1, 0.15) is 11.9 Å². The molecular formula is C12H14F2N2O2. The van der Waals surface area contributed by atoms with Gasteiger partial charge in [0.05, 0.1) is 18.7 Å². The Morgan fingerprint density at radius 1 is 1.50 bits per heavy atom. The standard InChI is InChI=1S/C12H14F2N2O2/c1-18-11-3-2-8(5-15)4-9(11)6-16-7-10(17)12(13)14/h2-4,10,12,16-17H,6-7H2,1H3. The van der Waals surface area contributed by atoms with Crippen LogP contribution in [0.2, 0.25) is 0 Å². The van der Waals surface area contributed by atoms with Crippen molar-refractivity contribution in [3.63, 3.8) is 0 Å². The van der Waals surface area contributed by atoms with Crippen LogP contribution in [0.4, 0.5) is 8.78 Å². The van der Waals surface area contributed by atoms with Crippen molar-refractivity contribution in [2.75, 3.05) is 13.7 Å². The lowest BCUT2D eigenvalue weighted by molar-refractivity contribution is -0.00342. The van der Waals surface area contributed by atoms with E-state index in [0.29, 0.717) is 16.9 Å². The molecule has 1 unspecified atom stereocenters. The number of hydrogen-bond acceptors (Lipinski definition) is 4. The van der Waals surface area contributed by atoms with Crippen molar-refractivity contribution in [1.29, 1.82) is 5.26 Å². The molecule has 0 amide bonds. The Bertz CT molecular complexity index is 433. The Balaban J connectivity index is 2.63. The summed E-state index contributed by atoms with van der Waals surface area (Å²) in [7, 11) is 1.49. The molecule has 0 aliphatic carbocycles. The minimum atomic E-state index is -2.77. The van der Waals surface area contributed by atoms with E-state index in [9.17, 15) is 8.78 Å². The highest BCUT2D eigenvalue weighted by Crippen LogP contribution is 2.19. The van der Waals surface area contributed by atoms with Crippen LogP contribution in [-0.4, -0.2) is 31.3 Å². The summed E-state index contributed by atoms with van der Waals surface area (Å²) in [6.45, 7) is 0.0140. The van der Waals surface area contributed by atoms with Crippen LogP contribution in [0, 0.1) is 11.3 Å². The SMILES string of the molecule is COc1ccc(C#N)cc1CNCC(O)C(F)F. The van der Waals surface area contributed by atoms with E-state index in [-0.39, 0.29) is 13.1 Å². The minimum absolute atomic E-state index is 0.225. The van der Waals surface area contributed by atoms with Crippen LogP contribution < -0.4 is 10.1 Å². The molecule has 0 aliphatic rings. The van der Waals surface area contributed by atoms with Gasteiger partial charge in [-0.25, -0.2) is 8.78 Å². The predicted molar refractivity (Wildman–Crippen MR) is 61.4 cm³/mol. The Morgan fingerprint density at radius 2 is 2.22 bits per heavy atom. The van der Waals surface area contributed by atoms with Crippen molar-refractivity contribution in [2.45, 2.75) is 19.1 Å². The molecule has 1 rings (SSSR count). The van der Waals surface area contributed by atoms with Crippen molar-refractivity contribution in [1.82, 2.24) is 5.32 Å². The molecule has 0 fully saturated rings. The fourth-order valence-electron chi connectivity index (χ4n) is 1.43. The highest BCUT2D eigenvalue weighted by Gasteiger charge is 2.16. The van der Waals surface area contributed by atoms with E-state index in [1.807, 2.05) is 6.07 Å². The lowest BCUT2D eigenvalue weighted by Gasteiger charge is -2.12. The lowest BCUT2D eigenvalue weighted by Crippen LogP contribution is -2.31. The van der Waals surface area contributed by atoms with Crippen LogP contribution in [-0.2, 0) is 6.54 Å².